The highest BCUT2D eigenvalue weighted by Crippen LogP contribution is 2.06. The van der Waals surface area contributed by atoms with Crippen LogP contribution in [0.4, 0.5) is 0 Å². The fourth-order valence-corrected chi connectivity index (χ4v) is 0.919. The van der Waals surface area contributed by atoms with Gasteiger partial charge in [0.1, 0.15) is 0 Å². The lowest BCUT2D eigenvalue weighted by Gasteiger charge is -2.01. The highest BCUT2D eigenvalue weighted by Gasteiger charge is 2.23. The lowest BCUT2D eigenvalue weighted by molar-refractivity contribution is -0.123. The number of rotatable bonds is 1. The van der Waals surface area contributed by atoms with Gasteiger partial charge in [-0.1, -0.05) is 0 Å². The Balaban J connectivity index is 2.48. The molecular formula is C6H9NO2. The van der Waals surface area contributed by atoms with Crippen LogP contribution in [0.2, 0.25) is 0 Å². The molecule has 0 unspecified atom stereocenters. The Morgan fingerprint density at radius 3 is 2.67 bits per heavy atom. The van der Waals surface area contributed by atoms with Crippen molar-refractivity contribution in [1.29, 1.82) is 0 Å². The second kappa shape index (κ2) is 2.17. The van der Waals surface area contributed by atoms with Crippen LogP contribution >= 0.6 is 0 Å². The molecule has 50 valence electrons. The number of ketones is 1. The van der Waals surface area contributed by atoms with Crippen molar-refractivity contribution < 1.29 is 9.59 Å². The third-order valence-corrected chi connectivity index (χ3v) is 1.49. The van der Waals surface area contributed by atoms with E-state index in [2.05, 4.69) is 5.32 Å². The van der Waals surface area contributed by atoms with Gasteiger partial charge in [0.25, 0.3) is 0 Å². The smallest absolute Gasteiger partial charge is 0.220 e. The van der Waals surface area contributed by atoms with Crippen LogP contribution < -0.4 is 5.32 Å². The van der Waals surface area contributed by atoms with E-state index in [9.17, 15) is 9.59 Å². The molecule has 1 aliphatic rings. The molecule has 1 N–H and O–H groups in total. The Labute approximate surface area is 53.4 Å². The van der Waals surface area contributed by atoms with Crippen LogP contribution in [0.1, 0.15) is 19.8 Å². The fourth-order valence-electron chi connectivity index (χ4n) is 0.919. The van der Waals surface area contributed by atoms with Crippen LogP contribution in [0.25, 0.3) is 0 Å². The van der Waals surface area contributed by atoms with Crippen molar-refractivity contribution >= 4 is 11.7 Å². The molecule has 9 heavy (non-hydrogen) atoms. The van der Waals surface area contributed by atoms with E-state index in [-0.39, 0.29) is 17.7 Å². The van der Waals surface area contributed by atoms with Gasteiger partial charge in [-0.05, 0) is 13.3 Å². The Morgan fingerprint density at radius 1 is 1.78 bits per heavy atom. The third kappa shape index (κ3) is 1.28. The van der Waals surface area contributed by atoms with E-state index < -0.39 is 0 Å². The molecule has 1 fully saturated rings. The molecule has 3 heteroatoms. The molecule has 1 heterocycles. The molecule has 3 nitrogen and oxygen atoms in total. The van der Waals surface area contributed by atoms with Crippen LogP contribution in [-0.4, -0.2) is 17.7 Å². The molecule has 0 saturated carbocycles. The van der Waals surface area contributed by atoms with Crippen LogP contribution in [0.3, 0.4) is 0 Å². The lowest BCUT2D eigenvalue weighted by Crippen LogP contribution is -2.31. The number of carbonyl (C=O) groups is 2. The van der Waals surface area contributed by atoms with Crippen LogP contribution in [0.5, 0.6) is 0 Å². The molecule has 1 atom stereocenters. The van der Waals surface area contributed by atoms with Gasteiger partial charge in [0.2, 0.25) is 5.91 Å². The molecular weight excluding hydrogens is 118 g/mol. The summed E-state index contributed by atoms with van der Waals surface area (Å²) >= 11 is 0. The van der Waals surface area contributed by atoms with Crippen LogP contribution in [0, 0.1) is 0 Å². The van der Waals surface area contributed by atoms with E-state index in [1.807, 2.05) is 0 Å². The summed E-state index contributed by atoms with van der Waals surface area (Å²) in [5.74, 6) is 0.0519. The van der Waals surface area contributed by atoms with Gasteiger partial charge < -0.3 is 5.32 Å². The third-order valence-electron chi connectivity index (χ3n) is 1.49. The van der Waals surface area contributed by atoms with Crippen molar-refractivity contribution in [1.82, 2.24) is 5.32 Å². The molecule has 1 rings (SSSR count). The minimum atomic E-state index is -0.197. The van der Waals surface area contributed by atoms with E-state index in [1.165, 1.54) is 6.92 Å². The highest BCUT2D eigenvalue weighted by molar-refractivity contribution is 5.90. The first-order chi connectivity index (χ1) is 4.20. The maximum Gasteiger partial charge on any atom is 0.220 e. The maximum atomic E-state index is 10.6. The van der Waals surface area contributed by atoms with Gasteiger partial charge in [0.15, 0.2) is 5.78 Å². The van der Waals surface area contributed by atoms with Crippen molar-refractivity contribution in [3.8, 4) is 0 Å². The first-order valence-corrected chi connectivity index (χ1v) is 3.00. The zero-order valence-corrected chi connectivity index (χ0v) is 5.31. The molecule has 0 radical (unpaired) electrons. The molecule has 0 aromatic heterocycles. The minimum absolute atomic E-state index is 0.00444. The normalized spacial score (nSPS) is 25.9. The number of hydrogen-bond donors (Lipinski definition) is 1. The van der Waals surface area contributed by atoms with Crippen molar-refractivity contribution in [2.24, 2.45) is 0 Å². The summed E-state index contributed by atoms with van der Waals surface area (Å²) in [6.45, 7) is 1.50. The summed E-state index contributed by atoms with van der Waals surface area (Å²) < 4.78 is 0. The van der Waals surface area contributed by atoms with E-state index in [0.717, 1.165) is 0 Å². The summed E-state index contributed by atoms with van der Waals surface area (Å²) in [4.78, 5) is 21.1. The Bertz CT molecular complexity index is 153. The largest absolute Gasteiger partial charge is 0.346 e. The molecule has 1 aliphatic heterocycles. The monoisotopic (exact) mass is 127 g/mol. The van der Waals surface area contributed by atoms with E-state index in [4.69, 9.17) is 0 Å². The highest BCUT2D eigenvalue weighted by atomic mass is 16.2. The molecule has 0 bridgehead atoms. The maximum absolute atomic E-state index is 10.6. The minimum Gasteiger partial charge on any atom is -0.346 e. The van der Waals surface area contributed by atoms with E-state index in [1.54, 1.807) is 0 Å². The Kier molecular flexibility index (Phi) is 1.51. The molecule has 0 spiro atoms. The van der Waals surface area contributed by atoms with Crippen molar-refractivity contribution in [3.05, 3.63) is 0 Å². The van der Waals surface area contributed by atoms with Gasteiger partial charge in [-0.25, -0.2) is 0 Å². The number of hydrogen-bond acceptors (Lipinski definition) is 2. The first kappa shape index (κ1) is 6.26. The van der Waals surface area contributed by atoms with Crippen LogP contribution in [0.15, 0.2) is 0 Å². The quantitative estimate of drug-likeness (QED) is 0.532. The van der Waals surface area contributed by atoms with Gasteiger partial charge in [0.05, 0.1) is 6.04 Å². The Morgan fingerprint density at radius 2 is 2.44 bits per heavy atom. The van der Waals surface area contributed by atoms with Gasteiger partial charge >= 0.3 is 0 Å². The SMILES string of the molecule is CC(=O)[C@@H]1CCC(=O)N1. The average Bonchev–Trinajstić information content (AvgIpc) is 2.14. The molecule has 0 aromatic rings. The summed E-state index contributed by atoms with van der Waals surface area (Å²) in [6.07, 6.45) is 1.18. The van der Waals surface area contributed by atoms with Gasteiger partial charge in [-0.3, -0.25) is 9.59 Å². The second-order valence-electron chi connectivity index (χ2n) is 2.27. The van der Waals surface area contributed by atoms with Crippen LogP contribution in [-0.2, 0) is 9.59 Å². The zero-order chi connectivity index (χ0) is 6.85. The second-order valence-corrected chi connectivity index (χ2v) is 2.27. The molecule has 0 aliphatic carbocycles. The first-order valence-electron chi connectivity index (χ1n) is 3.00. The predicted octanol–water partition coefficient (Wildman–Crippen LogP) is -0.146. The topological polar surface area (TPSA) is 46.2 Å². The van der Waals surface area contributed by atoms with E-state index >= 15 is 0 Å². The van der Waals surface area contributed by atoms with Gasteiger partial charge in [0, 0.05) is 6.42 Å². The summed E-state index contributed by atoms with van der Waals surface area (Å²) in [5.41, 5.74) is 0. The predicted molar refractivity (Wildman–Crippen MR) is 31.8 cm³/mol. The average molecular weight is 127 g/mol. The number of Topliss-reactive ketones (excluding diaryl/α,β-unsaturated/α-hetero) is 1. The van der Waals surface area contributed by atoms with Crippen molar-refractivity contribution in [3.63, 3.8) is 0 Å². The number of carbonyl (C=O) groups excluding carboxylic acids is 2. The summed E-state index contributed by atoms with van der Waals surface area (Å²) in [6, 6.07) is -0.197. The molecule has 0 aromatic carbocycles. The number of nitrogens with one attached hydrogen (secondary N) is 1. The van der Waals surface area contributed by atoms with Crippen molar-refractivity contribution in [2.45, 2.75) is 25.8 Å². The van der Waals surface area contributed by atoms with Gasteiger partial charge in [-0.15, -0.1) is 0 Å². The Hall–Kier alpha value is -0.860. The van der Waals surface area contributed by atoms with E-state index in [0.29, 0.717) is 12.8 Å². The standard InChI is InChI=1S/C6H9NO2/c1-4(8)5-2-3-6(9)7-5/h5H,2-3H2,1H3,(H,7,9)/t5-/m0/s1. The lowest BCUT2D eigenvalue weighted by atomic mass is 10.2. The number of amides is 1. The summed E-state index contributed by atoms with van der Waals surface area (Å²) in [7, 11) is 0. The summed E-state index contributed by atoms with van der Waals surface area (Å²) in [5, 5.41) is 2.56. The molecule has 1 amide bonds. The van der Waals surface area contributed by atoms with Gasteiger partial charge in [-0.2, -0.15) is 0 Å². The van der Waals surface area contributed by atoms with Crippen molar-refractivity contribution in [2.75, 3.05) is 0 Å². The molecule has 1 saturated heterocycles. The fraction of sp³-hybridized carbons (Fsp3) is 0.667. The zero-order valence-electron chi connectivity index (χ0n) is 5.31.